The van der Waals surface area contributed by atoms with Crippen LogP contribution in [0.5, 0.6) is 0 Å². The van der Waals surface area contributed by atoms with Gasteiger partial charge in [-0.3, -0.25) is 0 Å². The molecule has 3 heteroatoms. The van der Waals surface area contributed by atoms with Gasteiger partial charge >= 0.3 is 0 Å². The molecule has 58 valence electrons. The van der Waals surface area contributed by atoms with Gasteiger partial charge in [0, 0.05) is 19.1 Å². The molecule has 0 radical (unpaired) electrons. The highest BCUT2D eigenvalue weighted by molar-refractivity contribution is 5.52. The SMILES string of the molecule is C/C=N\OC1CCOCC1. The third-order valence-electron chi connectivity index (χ3n) is 1.48. The zero-order chi connectivity index (χ0) is 7.23. The average Bonchev–Trinajstić information content (AvgIpc) is 2.03. The predicted octanol–water partition coefficient (Wildman–Crippen LogP) is 1.19. The van der Waals surface area contributed by atoms with Crippen LogP contribution in [0, 0.1) is 0 Å². The molecule has 1 fully saturated rings. The fourth-order valence-corrected chi connectivity index (χ4v) is 0.928. The van der Waals surface area contributed by atoms with Crippen LogP contribution >= 0.6 is 0 Å². The first kappa shape index (κ1) is 7.54. The van der Waals surface area contributed by atoms with Crippen LogP contribution in [0.4, 0.5) is 0 Å². The Morgan fingerprint density at radius 2 is 2.20 bits per heavy atom. The van der Waals surface area contributed by atoms with Crippen LogP contribution in [0.2, 0.25) is 0 Å². The van der Waals surface area contributed by atoms with E-state index in [0.717, 1.165) is 26.1 Å². The zero-order valence-corrected chi connectivity index (χ0v) is 6.25. The molecule has 0 aliphatic carbocycles. The summed E-state index contributed by atoms with van der Waals surface area (Å²) in [5.74, 6) is 0. The van der Waals surface area contributed by atoms with Crippen LogP contribution in [-0.4, -0.2) is 25.5 Å². The lowest BCUT2D eigenvalue weighted by Gasteiger charge is -2.19. The van der Waals surface area contributed by atoms with Crippen molar-refractivity contribution in [2.45, 2.75) is 25.9 Å². The Morgan fingerprint density at radius 1 is 1.50 bits per heavy atom. The van der Waals surface area contributed by atoms with E-state index in [-0.39, 0.29) is 6.10 Å². The molecule has 3 nitrogen and oxygen atoms in total. The normalized spacial score (nSPS) is 21.7. The Labute approximate surface area is 61.0 Å². The molecular formula is C7H13NO2. The maximum atomic E-state index is 5.15. The Balaban J connectivity index is 2.13. The van der Waals surface area contributed by atoms with E-state index < -0.39 is 0 Å². The number of nitrogens with zero attached hydrogens (tertiary/aromatic N) is 1. The third kappa shape index (κ3) is 2.35. The van der Waals surface area contributed by atoms with Gasteiger partial charge in [-0.1, -0.05) is 5.16 Å². The van der Waals surface area contributed by atoms with Gasteiger partial charge in [0.15, 0.2) is 0 Å². The minimum atomic E-state index is 0.282. The highest BCUT2D eigenvalue weighted by atomic mass is 16.6. The molecule has 0 N–H and O–H groups in total. The third-order valence-corrected chi connectivity index (χ3v) is 1.48. The molecule has 0 bridgehead atoms. The van der Waals surface area contributed by atoms with Crippen LogP contribution < -0.4 is 0 Å². The molecule has 1 aliphatic rings. The molecule has 0 atom stereocenters. The summed E-state index contributed by atoms with van der Waals surface area (Å²) >= 11 is 0. The molecule has 0 amide bonds. The Bertz CT molecular complexity index is 108. The summed E-state index contributed by atoms with van der Waals surface area (Å²) in [6.07, 6.45) is 3.88. The van der Waals surface area contributed by atoms with Crippen molar-refractivity contribution in [3.63, 3.8) is 0 Å². The van der Waals surface area contributed by atoms with Crippen LogP contribution in [0.15, 0.2) is 5.16 Å². The van der Waals surface area contributed by atoms with Crippen LogP contribution in [0.1, 0.15) is 19.8 Å². The fraction of sp³-hybridized carbons (Fsp3) is 0.857. The maximum absolute atomic E-state index is 5.15. The van der Waals surface area contributed by atoms with E-state index in [1.807, 2.05) is 6.92 Å². The van der Waals surface area contributed by atoms with Crippen molar-refractivity contribution in [3.05, 3.63) is 0 Å². The molecule has 0 spiro atoms. The van der Waals surface area contributed by atoms with Crippen molar-refractivity contribution < 1.29 is 9.57 Å². The molecule has 10 heavy (non-hydrogen) atoms. The fourth-order valence-electron chi connectivity index (χ4n) is 0.928. The molecule has 0 aromatic rings. The molecule has 0 unspecified atom stereocenters. The van der Waals surface area contributed by atoms with Crippen molar-refractivity contribution in [3.8, 4) is 0 Å². The van der Waals surface area contributed by atoms with Gasteiger partial charge in [0.2, 0.25) is 0 Å². The lowest BCUT2D eigenvalue weighted by molar-refractivity contribution is -0.0295. The lowest BCUT2D eigenvalue weighted by atomic mass is 10.2. The van der Waals surface area contributed by atoms with E-state index in [9.17, 15) is 0 Å². The first-order chi connectivity index (χ1) is 4.93. The number of hydrogen-bond donors (Lipinski definition) is 0. The van der Waals surface area contributed by atoms with Crippen molar-refractivity contribution in [2.75, 3.05) is 13.2 Å². The second-order valence-electron chi connectivity index (χ2n) is 2.28. The highest BCUT2D eigenvalue weighted by Crippen LogP contribution is 2.09. The molecule has 0 aromatic carbocycles. The standard InChI is InChI=1S/C7H13NO2/c1-2-8-10-7-3-5-9-6-4-7/h2,7H,3-6H2,1H3/b8-2-. The maximum Gasteiger partial charge on any atom is 0.131 e. The smallest absolute Gasteiger partial charge is 0.131 e. The average molecular weight is 143 g/mol. The summed E-state index contributed by atoms with van der Waals surface area (Å²) < 4.78 is 5.15. The van der Waals surface area contributed by atoms with E-state index in [2.05, 4.69) is 5.16 Å². The molecule has 1 rings (SSSR count). The Hall–Kier alpha value is -0.570. The molecule has 1 heterocycles. The number of ether oxygens (including phenoxy) is 1. The summed E-state index contributed by atoms with van der Waals surface area (Å²) in [5.41, 5.74) is 0. The van der Waals surface area contributed by atoms with Gasteiger partial charge in [-0.2, -0.15) is 0 Å². The quantitative estimate of drug-likeness (QED) is 0.429. The predicted molar refractivity (Wildman–Crippen MR) is 39.1 cm³/mol. The van der Waals surface area contributed by atoms with Crippen molar-refractivity contribution >= 4 is 6.21 Å². The van der Waals surface area contributed by atoms with E-state index >= 15 is 0 Å². The van der Waals surface area contributed by atoms with Gasteiger partial charge < -0.3 is 9.57 Å². The van der Waals surface area contributed by atoms with Gasteiger partial charge in [-0.05, 0) is 6.92 Å². The first-order valence-corrected chi connectivity index (χ1v) is 3.65. The Kier molecular flexibility index (Phi) is 3.22. The molecule has 0 saturated carbocycles. The lowest BCUT2D eigenvalue weighted by Crippen LogP contribution is -2.21. The van der Waals surface area contributed by atoms with Crippen molar-refractivity contribution in [1.29, 1.82) is 0 Å². The minimum Gasteiger partial charge on any atom is -0.393 e. The molecule has 1 saturated heterocycles. The molecule has 1 aliphatic heterocycles. The van der Waals surface area contributed by atoms with Gasteiger partial charge in [-0.15, -0.1) is 0 Å². The van der Waals surface area contributed by atoms with Crippen LogP contribution in [0.3, 0.4) is 0 Å². The number of rotatable bonds is 2. The van der Waals surface area contributed by atoms with Gasteiger partial charge in [0.1, 0.15) is 6.10 Å². The summed E-state index contributed by atoms with van der Waals surface area (Å²) in [6, 6.07) is 0. The minimum absolute atomic E-state index is 0.282. The van der Waals surface area contributed by atoms with Gasteiger partial charge in [0.25, 0.3) is 0 Å². The van der Waals surface area contributed by atoms with Crippen molar-refractivity contribution in [2.24, 2.45) is 5.16 Å². The first-order valence-electron chi connectivity index (χ1n) is 3.65. The number of hydrogen-bond acceptors (Lipinski definition) is 3. The highest BCUT2D eigenvalue weighted by Gasteiger charge is 2.13. The van der Waals surface area contributed by atoms with E-state index in [1.54, 1.807) is 6.21 Å². The van der Waals surface area contributed by atoms with Gasteiger partial charge in [0.05, 0.1) is 13.2 Å². The van der Waals surface area contributed by atoms with Crippen molar-refractivity contribution in [1.82, 2.24) is 0 Å². The second kappa shape index (κ2) is 4.28. The molecular weight excluding hydrogens is 130 g/mol. The van der Waals surface area contributed by atoms with E-state index in [0.29, 0.717) is 0 Å². The summed E-state index contributed by atoms with van der Waals surface area (Å²) in [6.45, 7) is 3.47. The second-order valence-corrected chi connectivity index (χ2v) is 2.28. The summed E-state index contributed by atoms with van der Waals surface area (Å²) in [4.78, 5) is 5.12. The summed E-state index contributed by atoms with van der Waals surface area (Å²) in [5, 5.41) is 3.71. The van der Waals surface area contributed by atoms with Crippen LogP contribution in [-0.2, 0) is 9.57 Å². The largest absolute Gasteiger partial charge is 0.393 e. The molecule has 0 aromatic heterocycles. The van der Waals surface area contributed by atoms with E-state index in [1.165, 1.54) is 0 Å². The summed E-state index contributed by atoms with van der Waals surface area (Å²) in [7, 11) is 0. The van der Waals surface area contributed by atoms with E-state index in [4.69, 9.17) is 9.57 Å². The Morgan fingerprint density at radius 3 is 2.80 bits per heavy atom. The van der Waals surface area contributed by atoms with Crippen LogP contribution in [0.25, 0.3) is 0 Å². The monoisotopic (exact) mass is 143 g/mol. The topological polar surface area (TPSA) is 30.8 Å². The zero-order valence-electron chi connectivity index (χ0n) is 6.25. The van der Waals surface area contributed by atoms with Gasteiger partial charge in [-0.25, -0.2) is 0 Å². The number of oxime groups is 1.